The molecular formula is C17H24ClNO. The number of benzene rings is 1. The molecular weight excluding hydrogens is 270 g/mol. The number of hydrogen-bond donors (Lipinski definition) is 1. The van der Waals surface area contributed by atoms with Crippen LogP contribution in [0.4, 0.5) is 0 Å². The van der Waals surface area contributed by atoms with Crippen LogP contribution in [-0.2, 0) is 4.74 Å². The third-order valence-electron chi connectivity index (χ3n) is 4.65. The van der Waals surface area contributed by atoms with E-state index in [4.69, 9.17) is 16.3 Å². The molecule has 1 saturated carbocycles. The fourth-order valence-corrected chi connectivity index (χ4v) is 3.59. The van der Waals surface area contributed by atoms with E-state index in [-0.39, 0.29) is 5.60 Å². The van der Waals surface area contributed by atoms with E-state index in [1.165, 1.54) is 18.4 Å². The van der Waals surface area contributed by atoms with Gasteiger partial charge in [-0.15, -0.1) is 0 Å². The molecule has 1 aliphatic heterocycles. The lowest BCUT2D eigenvalue weighted by Crippen LogP contribution is -2.50. The summed E-state index contributed by atoms with van der Waals surface area (Å²) in [6.07, 6.45) is 4.76. The Morgan fingerprint density at radius 3 is 2.50 bits per heavy atom. The Balaban J connectivity index is 1.47. The lowest BCUT2D eigenvalue weighted by atomic mass is 9.75. The third kappa shape index (κ3) is 3.36. The highest BCUT2D eigenvalue weighted by molar-refractivity contribution is 6.30. The first kappa shape index (κ1) is 14.4. The van der Waals surface area contributed by atoms with Gasteiger partial charge in [0.15, 0.2) is 0 Å². The van der Waals surface area contributed by atoms with Crippen LogP contribution in [0, 0.1) is 0 Å². The smallest absolute Gasteiger partial charge is 0.0641 e. The Bertz CT molecular complexity index is 451. The van der Waals surface area contributed by atoms with Crippen LogP contribution < -0.4 is 5.32 Å². The summed E-state index contributed by atoms with van der Waals surface area (Å²) >= 11 is 5.94. The molecule has 2 aliphatic rings. The summed E-state index contributed by atoms with van der Waals surface area (Å²) in [6, 6.07) is 9.63. The van der Waals surface area contributed by atoms with Crippen molar-refractivity contribution in [1.29, 1.82) is 0 Å². The minimum Gasteiger partial charge on any atom is -0.375 e. The first-order valence-corrected chi connectivity index (χ1v) is 8.05. The summed E-state index contributed by atoms with van der Waals surface area (Å²) in [5.74, 6) is 0.706. The summed E-state index contributed by atoms with van der Waals surface area (Å²) in [6.45, 7) is 5.27. The SMILES string of the molecule is CC1(C)CC(NC2CC(c3ccc(Cl)cc3)C2)CCO1. The van der Waals surface area contributed by atoms with Crippen molar-refractivity contribution in [3.63, 3.8) is 0 Å². The van der Waals surface area contributed by atoms with Crippen molar-refractivity contribution in [3.8, 4) is 0 Å². The Kier molecular flexibility index (Phi) is 4.07. The molecule has 1 aromatic rings. The van der Waals surface area contributed by atoms with Crippen molar-refractivity contribution in [2.45, 2.75) is 63.1 Å². The predicted octanol–water partition coefficient (Wildman–Crippen LogP) is 4.13. The van der Waals surface area contributed by atoms with Crippen LogP contribution in [0.5, 0.6) is 0 Å². The van der Waals surface area contributed by atoms with Gasteiger partial charge in [0, 0.05) is 23.7 Å². The summed E-state index contributed by atoms with van der Waals surface area (Å²) in [5, 5.41) is 4.64. The van der Waals surface area contributed by atoms with Crippen LogP contribution in [0.1, 0.15) is 51.0 Å². The Morgan fingerprint density at radius 1 is 1.15 bits per heavy atom. The minimum atomic E-state index is 0.0369. The van der Waals surface area contributed by atoms with Crippen molar-refractivity contribution in [1.82, 2.24) is 5.32 Å². The molecule has 20 heavy (non-hydrogen) atoms. The second kappa shape index (κ2) is 5.67. The quantitative estimate of drug-likeness (QED) is 0.904. The molecule has 3 rings (SSSR count). The van der Waals surface area contributed by atoms with Crippen molar-refractivity contribution in [3.05, 3.63) is 34.9 Å². The van der Waals surface area contributed by atoms with Crippen molar-refractivity contribution in [2.24, 2.45) is 0 Å². The maximum absolute atomic E-state index is 5.94. The van der Waals surface area contributed by atoms with Gasteiger partial charge in [0.1, 0.15) is 0 Å². The lowest BCUT2D eigenvalue weighted by Gasteiger charge is -2.42. The molecule has 0 bridgehead atoms. The number of hydrogen-bond acceptors (Lipinski definition) is 2. The van der Waals surface area contributed by atoms with Gasteiger partial charge in [-0.2, -0.15) is 0 Å². The van der Waals surface area contributed by atoms with Crippen LogP contribution in [0.25, 0.3) is 0 Å². The van der Waals surface area contributed by atoms with Gasteiger partial charge in [0.2, 0.25) is 0 Å². The molecule has 1 heterocycles. The van der Waals surface area contributed by atoms with Gasteiger partial charge in [-0.3, -0.25) is 0 Å². The maximum Gasteiger partial charge on any atom is 0.0641 e. The average molecular weight is 294 g/mol. The molecule has 3 heteroatoms. The second-order valence-corrected chi connectivity index (χ2v) is 7.32. The summed E-state index contributed by atoms with van der Waals surface area (Å²) in [7, 11) is 0. The minimum absolute atomic E-state index is 0.0369. The van der Waals surface area contributed by atoms with E-state index in [2.05, 4.69) is 31.3 Å². The van der Waals surface area contributed by atoms with Crippen LogP contribution in [-0.4, -0.2) is 24.3 Å². The first-order valence-electron chi connectivity index (χ1n) is 7.67. The van der Waals surface area contributed by atoms with Gasteiger partial charge in [0.25, 0.3) is 0 Å². The van der Waals surface area contributed by atoms with E-state index in [1.807, 2.05) is 12.1 Å². The molecule has 0 amide bonds. The van der Waals surface area contributed by atoms with Crippen LogP contribution in [0.15, 0.2) is 24.3 Å². The zero-order chi connectivity index (χ0) is 14.2. The van der Waals surface area contributed by atoms with E-state index >= 15 is 0 Å². The fourth-order valence-electron chi connectivity index (χ4n) is 3.47. The zero-order valence-electron chi connectivity index (χ0n) is 12.4. The summed E-state index contributed by atoms with van der Waals surface area (Å²) in [4.78, 5) is 0. The zero-order valence-corrected chi connectivity index (χ0v) is 13.1. The number of rotatable bonds is 3. The van der Waals surface area contributed by atoms with Gasteiger partial charge < -0.3 is 10.1 Å². The van der Waals surface area contributed by atoms with E-state index in [0.717, 1.165) is 24.5 Å². The van der Waals surface area contributed by atoms with Crippen molar-refractivity contribution < 1.29 is 4.74 Å². The normalized spacial score (nSPS) is 32.6. The third-order valence-corrected chi connectivity index (χ3v) is 4.90. The highest BCUT2D eigenvalue weighted by atomic mass is 35.5. The van der Waals surface area contributed by atoms with E-state index in [0.29, 0.717) is 18.0 Å². The van der Waals surface area contributed by atoms with Crippen LogP contribution >= 0.6 is 11.6 Å². The monoisotopic (exact) mass is 293 g/mol. The molecule has 1 unspecified atom stereocenters. The second-order valence-electron chi connectivity index (χ2n) is 6.88. The van der Waals surface area contributed by atoms with E-state index in [9.17, 15) is 0 Å². The molecule has 110 valence electrons. The molecule has 1 aromatic carbocycles. The van der Waals surface area contributed by atoms with Gasteiger partial charge >= 0.3 is 0 Å². The first-order chi connectivity index (χ1) is 9.52. The van der Waals surface area contributed by atoms with Crippen LogP contribution in [0.3, 0.4) is 0 Å². The summed E-state index contributed by atoms with van der Waals surface area (Å²) < 4.78 is 5.78. The van der Waals surface area contributed by atoms with Gasteiger partial charge in [-0.05, 0) is 63.1 Å². The van der Waals surface area contributed by atoms with Gasteiger partial charge in [0.05, 0.1) is 5.60 Å². The molecule has 0 spiro atoms. The lowest BCUT2D eigenvalue weighted by molar-refractivity contribution is -0.0655. The van der Waals surface area contributed by atoms with Crippen molar-refractivity contribution in [2.75, 3.05) is 6.61 Å². The molecule has 1 saturated heterocycles. The number of nitrogens with one attached hydrogen (secondary N) is 1. The molecule has 1 N–H and O–H groups in total. The standard InChI is InChI=1S/C17H24ClNO/c1-17(2)11-15(7-8-20-17)19-16-9-13(10-16)12-3-5-14(18)6-4-12/h3-6,13,15-16,19H,7-11H2,1-2H3. The fraction of sp³-hybridized carbons (Fsp3) is 0.647. The molecule has 1 atom stereocenters. The highest BCUT2D eigenvalue weighted by Gasteiger charge is 2.35. The highest BCUT2D eigenvalue weighted by Crippen LogP contribution is 2.38. The van der Waals surface area contributed by atoms with E-state index < -0.39 is 0 Å². The number of ether oxygens (including phenoxy) is 1. The average Bonchev–Trinajstić information content (AvgIpc) is 2.34. The molecule has 1 aliphatic carbocycles. The largest absolute Gasteiger partial charge is 0.375 e. The van der Waals surface area contributed by atoms with E-state index in [1.54, 1.807) is 0 Å². The topological polar surface area (TPSA) is 21.3 Å². The summed E-state index contributed by atoms with van der Waals surface area (Å²) in [5.41, 5.74) is 1.47. The van der Waals surface area contributed by atoms with Gasteiger partial charge in [-0.1, -0.05) is 23.7 Å². The Hall–Kier alpha value is -0.570. The molecule has 0 radical (unpaired) electrons. The van der Waals surface area contributed by atoms with Gasteiger partial charge in [-0.25, -0.2) is 0 Å². The molecule has 2 fully saturated rings. The Labute approximate surface area is 126 Å². The number of halogens is 1. The predicted molar refractivity (Wildman–Crippen MR) is 83.4 cm³/mol. The van der Waals surface area contributed by atoms with Crippen molar-refractivity contribution >= 4 is 11.6 Å². The van der Waals surface area contributed by atoms with Crippen LogP contribution in [0.2, 0.25) is 5.02 Å². The maximum atomic E-state index is 5.94. The molecule has 0 aromatic heterocycles. The molecule has 2 nitrogen and oxygen atoms in total. The Morgan fingerprint density at radius 2 is 1.85 bits per heavy atom.